The van der Waals surface area contributed by atoms with Crippen molar-refractivity contribution in [3.8, 4) is 12.3 Å². The molecule has 0 heterocycles. The molecule has 0 aromatic carbocycles. The number of rotatable bonds is 4. The van der Waals surface area contributed by atoms with E-state index < -0.39 is 6.10 Å². The number of esters is 1. The van der Waals surface area contributed by atoms with Crippen LogP contribution >= 0.6 is 23.2 Å². The standard InChI is InChI=1S/C15H18Cl2O2/c1-6-9(3)11(7-2)19-14(18)13-10(8-12(16)17)15(13,4)5/h2,6,8,10-11,13H,1,3-5H3. The summed E-state index contributed by atoms with van der Waals surface area (Å²) in [6.45, 7) is 7.64. The maximum absolute atomic E-state index is 12.1. The first-order valence-corrected chi connectivity index (χ1v) is 6.83. The molecule has 2 nitrogen and oxygen atoms in total. The van der Waals surface area contributed by atoms with Crippen LogP contribution in [0.4, 0.5) is 0 Å². The molecule has 0 aromatic heterocycles. The number of carbonyl (C=O) groups excluding carboxylic acids is 1. The van der Waals surface area contributed by atoms with Crippen molar-refractivity contribution in [1.82, 2.24) is 0 Å². The fourth-order valence-electron chi connectivity index (χ4n) is 2.17. The van der Waals surface area contributed by atoms with Crippen LogP contribution in [0.25, 0.3) is 0 Å². The summed E-state index contributed by atoms with van der Waals surface area (Å²) in [5, 5.41) is 0. The lowest BCUT2D eigenvalue weighted by atomic mass is 10.1. The van der Waals surface area contributed by atoms with E-state index in [1.807, 2.05) is 33.8 Å². The third-order valence-electron chi connectivity index (χ3n) is 3.72. The van der Waals surface area contributed by atoms with Gasteiger partial charge in [-0.1, -0.05) is 49.0 Å². The molecule has 3 unspecified atom stereocenters. The van der Waals surface area contributed by atoms with E-state index in [0.29, 0.717) is 0 Å². The highest BCUT2D eigenvalue weighted by molar-refractivity contribution is 6.55. The van der Waals surface area contributed by atoms with E-state index in [2.05, 4.69) is 5.92 Å². The Kier molecular flexibility index (Phi) is 5.12. The highest BCUT2D eigenvalue weighted by Gasteiger charge is 2.61. The van der Waals surface area contributed by atoms with E-state index in [9.17, 15) is 4.79 Å². The number of allylic oxidation sites excluding steroid dienone is 2. The van der Waals surface area contributed by atoms with Gasteiger partial charge in [0.2, 0.25) is 0 Å². The topological polar surface area (TPSA) is 26.3 Å². The van der Waals surface area contributed by atoms with Gasteiger partial charge in [-0.2, -0.15) is 0 Å². The first-order chi connectivity index (χ1) is 8.75. The predicted octanol–water partition coefficient (Wildman–Crippen LogP) is 4.09. The Bertz CT molecular complexity index is 465. The van der Waals surface area contributed by atoms with Gasteiger partial charge in [-0.3, -0.25) is 4.79 Å². The Morgan fingerprint density at radius 3 is 2.47 bits per heavy atom. The molecule has 0 amide bonds. The summed E-state index contributed by atoms with van der Waals surface area (Å²) in [6, 6.07) is 0. The third-order valence-corrected chi connectivity index (χ3v) is 3.98. The van der Waals surface area contributed by atoms with Gasteiger partial charge in [-0.15, -0.1) is 6.42 Å². The Balaban J connectivity index is 2.76. The zero-order valence-corrected chi connectivity index (χ0v) is 13.0. The monoisotopic (exact) mass is 300 g/mol. The SMILES string of the molecule is C#CC(OC(=O)C1C(C=C(Cl)Cl)C1(C)C)C(C)=CC. The normalized spacial score (nSPS) is 26.1. The number of hydrogen-bond donors (Lipinski definition) is 0. The molecular formula is C15H18Cl2O2. The second-order valence-corrected chi connectivity index (χ2v) is 6.31. The molecule has 1 aliphatic rings. The molecule has 0 saturated heterocycles. The minimum Gasteiger partial charge on any atom is -0.444 e. The van der Waals surface area contributed by atoms with E-state index in [0.717, 1.165) is 5.57 Å². The summed E-state index contributed by atoms with van der Waals surface area (Å²) in [5.74, 6) is 1.91. The smallest absolute Gasteiger partial charge is 0.311 e. The summed E-state index contributed by atoms with van der Waals surface area (Å²) in [5.41, 5.74) is 0.645. The van der Waals surface area contributed by atoms with Crippen molar-refractivity contribution in [2.24, 2.45) is 17.3 Å². The molecule has 3 atom stereocenters. The summed E-state index contributed by atoms with van der Waals surface area (Å²) in [7, 11) is 0. The molecule has 1 fully saturated rings. The zero-order valence-electron chi connectivity index (χ0n) is 11.5. The van der Waals surface area contributed by atoms with Crippen molar-refractivity contribution in [3.05, 3.63) is 22.2 Å². The van der Waals surface area contributed by atoms with Crippen LogP contribution in [-0.2, 0) is 9.53 Å². The van der Waals surface area contributed by atoms with Gasteiger partial charge in [0, 0.05) is 0 Å². The fourth-order valence-corrected chi connectivity index (χ4v) is 2.45. The van der Waals surface area contributed by atoms with Crippen molar-refractivity contribution in [2.45, 2.75) is 33.8 Å². The van der Waals surface area contributed by atoms with E-state index in [-0.39, 0.29) is 27.7 Å². The molecule has 1 rings (SSSR count). The number of halogens is 2. The quantitative estimate of drug-likeness (QED) is 0.444. The molecule has 1 saturated carbocycles. The van der Waals surface area contributed by atoms with Crippen LogP contribution in [0, 0.1) is 29.6 Å². The zero-order chi connectivity index (χ0) is 14.8. The second kappa shape index (κ2) is 6.03. The van der Waals surface area contributed by atoms with Crippen LogP contribution in [0.2, 0.25) is 0 Å². The lowest BCUT2D eigenvalue weighted by Gasteiger charge is -2.13. The van der Waals surface area contributed by atoms with Gasteiger partial charge >= 0.3 is 5.97 Å². The molecule has 4 heteroatoms. The van der Waals surface area contributed by atoms with Gasteiger partial charge in [0.05, 0.1) is 5.92 Å². The summed E-state index contributed by atoms with van der Waals surface area (Å²) >= 11 is 11.3. The summed E-state index contributed by atoms with van der Waals surface area (Å²) in [6.07, 6.45) is 8.29. The van der Waals surface area contributed by atoms with Gasteiger partial charge in [0.15, 0.2) is 6.10 Å². The molecule has 0 radical (unpaired) electrons. The first kappa shape index (κ1) is 16.1. The Hall–Kier alpha value is -0.910. The van der Waals surface area contributed by atoms with Crippen molar-refractivity contribution in [3.63, 3.8) is 0 Å². The van der Waals surface area contributed by atoms with Crippen LogP contribution in [-0.4, -0.2) is 12.1 Å². The van der Waals surface area contributed by atoms with Crippen LogP contribution in [0.15, 0.2) is 22.2 Å². The average Bonchev–Trinajstić information content (AvgIpc) is 2.85. The van der Waals surface area contributed by atoms with Crippen LogP contribution in [0.3, 0.4) is 0 Å². The lowest BCUT2D eigenvalue weighted by molar-refractivity contribution is -0.147. The van der Waals surface area contributed by atoms with E-state index in [1.54, 1.807) is 6.08 Å². The Morgan fingerprint density at radius 2 is 2.05 bits per heavy atom. The molecule has 19 heavy (non-hydrogen) atoms. The van der Waals surface area contributed by atoms with Gasteiger partial charge in [-0.05, 0) is 36.8 Å². The predicted molar refractivity (Wildman–Crippen MR) is 78.7 cm³/mol. The third kappa shape index (κ3) is 3.55. The largest absolute Gasteiger partial charge is 0.444 e. The van der Waals surface area contributed by atoms with E-state index in [4.69, 9.17) is 34.4 Å². The Morgan fingerprint density at radius 1 is 1.47 bits per heavy atom. The number of hydrogen-bond acceptors (Lipinski definition) is 2. The minimum atomic E-state index is -0.606. The van der Waals surface area contributed by atoms with Crippen molar-refractivity contribution < 1.29 is 9.53 Å². The molecule has 0 spiro atoms. The fraction of sp³-hybridized carbons (Fsp3) is 0.533. The van der Waals surface area contributed by atoms with Crippen LogP contribution in [0.1, 0.15) is 27.7 Å². The minimum absolute atomic E-state index is 0.00524. The number of ether oxygens (including phenoxy) is 1. The molecule has 104 valence electrons. The van der Waals surface area contributed by atoms with E-state index in [1.165, 1.54) is 0 Å². The Labute approximate surface area is 124 Å². The van der Waals surface area contributed by atoms with Gasteiger partial charge < -0.3 is 4.74 Å². The second-order valence-electron chi connectivity index (χ2n) is 5.30. The number of terminal acetylenes is 1. The van der Waals surface area contributed by atoms with E-state index >= 15 is 0 Å². The maximum atomic E-state index is 12.1. The lowest BCUT2D eigenvalue weighted by Crippen LogP contribution is -2.20. The van der Waals surface area contributed by atoms with Crippen molar-refractivity contribution in [2.75, 3.05) is 0 Å². The summed E-state index contributed by atoms with van der Waals surface area (Å²) in [4.78, 5) is 12.1. The van der Waals surface area contributed by atoms with Crippen LogP contribution in [0.5, 0.6) is 0 Å². The number of carbonyl (C=O) groups is 1. The highest BCUT2D eigenvalue weighted by Crippen LogP contribution is 2.60. The van der Waals surface area contributed by atoms with Gasteiger partial charge in [0.25, 0.3) is 0 Å². The van der Waals surface area contributed by atoms with Gasteiger partial charge in [-0.25, -0.2) is 0 Å². The summed E-state index contributed by atoms with van der Waals surface area (Å²) < 4.78 is 5.54. The molecule has 0 N–H and O–H groups in total. The molecule has 0 bridgehead atoms. The van der Waals surface area contributed by atoms with Crippen LogP contribution < -0.4 is 0 Å². The molecule has 0 aromatic rings. The molecule has 1 aliphatic carbocycles. The van der Waals surface area contributed by atoms with Crippen molar-refractivity contribution >= 4 is 29.2 Å². The first-order valence-electron chi connectivity index (χ1n) is 6.08. The maximum Gasteiger partial charge on any atom is 0.311 e. The van der Waals surface area contributed by atoms with Crippen molar-refractivity contribution in [1.29, 1.82) is 0 Å². The molecular weight excluding hydrogens is 283 g/mol. The highest BCUT2D eigenvalue weighted by atomic mass is 35.5. The molecule has 0 aliphatic heterocycles. The van der Waals surface area contributed by atoms with Gasteiger partial charge in [0.1, 0.15) is 4.49 Å². The average molecular weight is 301 g/mol.